The van der Waals surface area contributed by atoms with Gasteiger partial charge in [0, 0.05) is 26.2 Å². The Kier molecular flexibility index (Phi) is 4.36. The molecule has 0 N–H and O–H groups in total. The highest BCUT2D eigenvalue weighted by atomic mass is 16.2. The number of nitrogens with zero attached hydrogens (tertiary/aromatic N) is 4. The molecule has 1 unspecified atom stereocenters. The number of anilines is 1. The maximum Gasteiger partial charge on any atom is 0.274 e. The van der Waals surface area contributed by atoms with E-state index in [1.54, 1.807) is 12.4 Å². The van der Waals surface area contributed by atoms with Crippen molar-refractivity contribution >= 4 is 11.7 Å². The first-order chi connectivity index (χ1) is 10.2. The SMILES string of the molecule is CC1CCCN(C(=O)c2cnc(N3CCCCC3)cn2)C1. The van der Waals surface area contributed by atoms with Gasteiger partial charge in [0.2, 0.25) is 0 Å². The van der Waals surface area contributed by atoms with Crippen LogP contribution in [0.1, 0.15) is 49.5 Å². The number of hydrogen-bond donors (Lipinski definition) is 0. The molecule has 5 heteroatoms. The van der Waals surface area contributed by atoms with E-state index in [-0.39, 0.29) is 5.91 Å². The van der Waals surface area contributed by atoms with Crippen LogP contribution in [0.25, 0.3) is 0 Å². The Bertz CT molecular complexity index is 482. The zero-order valence-electron chi connectivity index (χ0n) is 12.8. The second-order valence-corrected chi connectivity index (χ2v) is 6.31. The fourth-order valence-electron chi connectivity index (χ4n) is 3.25. The van der Waals surface area contributed by atoms with Crippen LogP contribution in [0.4, 0.5) is 5.82 Å². The van der Waals surface area contributed by atoms with Crippen LogP contribution < -0.4 is 4.90 Å². The monoisotopic (exact) mass is 288 g/mol. The summed E-state index contributed by atoms with van der Waals surface area (Å²) < 4.78 is 0. The van der Waals surface area contributed by atoms with E-state index in [1.165, 1.54) is 25.7 Å². The number of carbonyl (C=O) groups is 1. The second kappa shape index (κ2) is 6.41. The van der Waals surface area contributed by atoms with E-state index in [0.717, 1.165) is 38.4 Å². The van der Waals surface area contributed by atoms with E-state index in [2.05, 4.69) is 21.8 Å². The van der Waals surface area contributed by atoms with Gasteiger partial charge in [-0.2, -0.15) is 0 Å². The van der Waals surface area contributed by atoms with Crippen LogP contribution >= 0.6 is 0 Å². The molecule has 5 nitrogen and oxygen atoms in total. The van der Waals surface area contributed by atoms with E-state index in [9.17, 15) is 4.79 Å². The molecule has 0 spiro atoms. The molecule has 0 bridgehead atoms. The zero-order chi connectivity index (χ0) is 14.7. The lowest BCUT2D eigenvalue weighted by atomic mass is 10.0. The van der Waals surface area contributed by atoms with Crippen molar-refractivity contribution in [1.82, 2.24) is 14.9 Å². The van der Waals surface area contributed by atoms with Gasteiger partial charge in [0.1, 0.15) is 11.5 Å². The first-order valence-corrected chi connectivity index (χ1v) is 8.10. The third-order valence-corrected chi connectivity index (χ3v) is 4.48. The Morgan fingerprint density at radius 3 is 2.57 bits per heavy atom. The van der Waals surface area contributed by atoms with Crippen LogP contribution in [-0.2, 0) is 0 Å². The first-order valence-electron chi connectivity index (χ1n) is 8.10. The summed E-state index contributed by atoms with van der Waals surface area (Å²) in [5.41, 5.74) is 0.477. The Morgan fingerprint density at radius 2 is 1.90 bits per heavy atom. The molecule has 21 heavy (non-hydrogen) atoms. The van der Waals surface area contributed by atoms with Crippen molar-refractivity contribution in [2.45, 2.75) is 39.0 Å². The molecule has 0 aromatic carbocycles. The quantitative estimate of drug-likeness (QED) is 0.838. The predicted molar refractivity (Wildman–Crippen MR) is 82.4 cm³/mol. The fraction of sp³-hybridized carbons (Fsp3) is 0.688. The second-order valence-electron chi connectivity index (χ2n) is 6.31. The van der Waals surface area contributed by atoms with Crippen LogP contribution in [0.15, 0.2) is 12.4 Å². The molecule has 0 radical (unpaired) electrons. The minimum absolute atomic E-state index is 0.0271. The molecule has 1 aromatic heterocycles. The molecule has 0 saturated carbocycles. The minimum atomic E-state index is 0.0271. The molecular formula is C16H24N4O. The van der Waals surface area contributed by atoms with Crippen LogP contribution in [0.2, 0.25) is 0 Å². The largest absolute Gasteiger partial charge is 0.355 e. The summed E-state index contributed by atoms with van der Waals surface area (Å²) in [6.07, 6.45) is 9.43. The molecule has 1 atom stereocenters. The van der Waals surface area contributed by atoms with Gasteiger partial charge in [0.25, 0.3) is 5.91 Å². The number of aromatic nitrogens is 2. The van der Waals surface area contributed by atoms with Gasteiger partial charge in [-0.3, -0.25) is 4.79 Å². The minimum Gasteiger partial charge on any atom is -0.355 e. The highest BCUT2D eigenvalue weighted by Gasteiger charge is 2.23. The maximum atomic E-state index is 12.4. The summed E-state index contributed by atoms with van der Waals surface area (Å²) >= 11 is 0. The highest BCUT2D eigenvalue weighted by Crippen LogP contribution is 2.19. The third kappa shape index (κ3) is 3.34. The van der Waals surface area contributed by atoms with Gasteiger partial charge < -0.3 is 9.80 Å². The Hall–Kier alpha value is -1.65. The average molecular weight is 288 g/mol. The van der Waals surface area contributed by atoms with Crippen LogP contribution in [0.5, 0.6) is 0 Å². The number of hydrogen-bond acceptors (Lipinski definition) is 4. The van der Waals surface area contributed by atoms with Crippen molar-refractivity contribution in [1.29, 1.82) is 0 Å². The predicted octanol–water partition coefficient (Wildman–Crippen LogP) is 2.34. The lowest BCUT2D eigenvalue weighted by Gasteiger charge is -2.31. The number of rotatable bonds is 2. The average Bonchev–Trinajstić information content (AvgIpc) is 2.55. The molecule has 2 aliphatic heterocycles. The van der Waals surface area contributed by atoms with Crippen LogP contribution in [-0.4, -0.2) is 47.0 Å². The van der Waals surface area contributed by atoms with E-state index < -0.39 is 0 Å². The maximum absolute atomic E-state index is 12.4. The highest BCUT2D eigenvalue weighted by molar-refractivity contribution is 5.92. The lowest BCUT2D eigenvalue weighted by Crippen LogP contribution is -2.39. The van der Waals surface area contributed by atoms with E-state index in [4.69, 9.17) is 0 Å². The van der Waals surface area contributed by atoms with E-state index in [1.807, 2.05) is 4.90 Å². The summed E-state index contributed by atoms with van der Waals surface area (Å²) in [4.78, 5) is 25.4. The van der Waals surface area contributed by atoms with Gasteiger partial charge >= 0.3 is 0 Å². The number of piperidine rings is 2. The van der Waals surface area contributed by atoms with E-state index in [0.29, 0.717) is 11.6 Å². The molecule has 2 fully saturated rings. The molecule has 3 rings (SSSR count). The van der Waals surface area contributed by atoms with Crippen molar-refractivity contribution in [2.24, 2.45) is 5.92 Å². The molecule has 1 amide bonds. The van der Waals surface area contributed by atoms with Gasteiger partial charge in [-0.25, -0.2) is 9.97 Å². The Labute approximate surface area is 126 Å². The van der Waals surface area contributed by atoms with Gasteiger partial charge in [-0.15, -0.1) is 0 Å². The van der Waals surface area contributed by atoms with Crippen molar-refractivity contribution in [3.8, 4) is 0 Å². The Balaban J connectivity index is 1.67. The first kappa shape index (κ1) is 14.3. The zero-order valence-corrected chi connectivity index (χ0v) is 12.8. The smallest absolute Gasteiger partial charge is 0.274 e. The summed E-state index contributed by atoms with van der Waals surface area (Å²) in [6, 6.07) is 0. The number of likely N-dealkylation sites (tertiary alicyclic amines) is 1. The van der Waals surface area contributed by atoms with Crippen molar-refractivity contribution in [3.63, 3.8) is 0 Å². The fourth-order valence-corrected chi connectivity index (χ4v) is 3.25. The molecular weight excluding hydrogens is 264 g/mol. The lowest BCUT2D eigenvalue weighted by molar-refractivity contribution is 0.0676. The topological polar surface area (TPSA) is 49.3 Å². The molecule has 0 aliphatic carbocycles. The summed E-state index contributed by atoms with van der Waals surface area (Å²) in [7, 11) is 0. The molecule has 114 valence electrons. The molecule has 2 saturated heterocycles. The Morgan fingerprint density at radius 1 is 1.10 bits per heavy atom. The van der Waals surface area contributed by atoms with E-state index >= 15 is 0 Å². The number of carbonyl (C=O) groups excluding carboxylic acids is 1. The number of amides is 1. The molecule has 2 aliphatic rings. The van der Waals surface area contributed by atoms with Crippen molar-refractivity contribution in [3.05, 3.63) is 18.1 Å². The van der Waals surface area contributed by atoms with Gasteiger partial charge in [0.15, 0.2) is 0 Å². The molecule has 3 heterocycles. The normalized spacial score (nSPS) is 23.2. The standard InChI is InChI=1S/C16H24N4O/c1-13-6-5-9-20(12-13)16(21)14-10-18-15(11-17-14)19-7-3-2-4-8-19/h10-11,13H,2-9,12H2,1H3. The molecule has 1 aromatic rings. The third-order valence-electron chi connectivity index (χ3n) is 4.48. The van der Waals surface area contributed by atoms with Crippen molar-refractivity contribution in [2.75, 3.05) is 31.1 Å². The van der Waals surface area contributed by atoms with Gasteiger partial charge in [0.05, 0.1) is 12.4 Å². The van der Waals surface area contributed by atoms with Crippen LogP contribution in [0.3, 0.4) is 0 Å². The summed E-state index contributed by atoms with van der Waals surface area (Å²) in [5.74, 6) is 1.51. The van der Waals surface area contributed by atoms with Gasteiger partial charge in [-0.05, 0) is 38.0 Å². The van der Waals surface area contributed by atoms with Crippen LogP contribution in [0, 0.1) is 5.92 Å². The van der Waals surface area contributed by atoms with Gasteiger partial charge in [-0.1, -0.05) is 6.92 Å². The summed E-state index contributed by atoms with van der Waals surface area (Å²) in [5, 5.41) is 0. The van der Waals surface area contributed by atoms with Crippen molar-refractivity contribution < 1.29 is 4.79 Å². The summed E-state index contributed by atoms with van der Waals surface area (Å²) in [6.45, 7) is 5.98.